The summed E-state index contributed by atoms with van der Waals surface area (Å²) in [6, 6.07) is 0. The number of rotatable bonds is 21. The van der Waals surface area contributed by atoms with Gasteiger partial charge in [-0.3, -0.25) is 28.2 Å². The maximum absolute atomic E-state index is 11.9. The minimum atomic E-state index is -4.51. The van der Waals surface area contributed by atoms with Gasteiger partial charge in [0, 0.05) is 26.9 Å². The Bertz CT molecular complexity index is 725. The Hall–Kier alpha value is -1.74. The summed E-state index contributed by atoms with van der Waals surface area (Å²) in [5, 5.41) is 5.55. The first-order valence-corrected chi connectivity index (χ1v) is 13.7. The highest BCUT2D eigenvalue weighted by Gasteiger charge is 2.25. The largest absolute Gasteiger partial charge is 0.472 e. The second kappa shape index (κ2) is 20.3. The molecule has 0 bridgehead atoms. The molecule has 1 unspecified atom stereocenters. The van der Waals surface area contributed by atoms with Crippen molar-refractivity contribution in [2.24, 2.45) is 0 Å². The van der Waals surface area contributed by atoms with E-state index in [0.29, 0.717) is 24.2 Å². The van der Waals surface area contributed by atoms with Gasteiger partial charge in [0.15, 0.2) is 6.10 Å². The molecule has 0 aliphatic rings. The fraction of sp³-hybridized carbons (Fsp3) is 0.800. The summed E-state index contributed by atoms with van der Waals surface area (Å²) in [7, 11) is -4.51. The first-order chi connectivity index (χ1) is 16.9. The minimum Gasteiger partial charge on any atom is -0.462 e. The highest BCUT2D eigenvalue weighted by molar-refractivity contribution is 8.00. The average Bonchev–Trinajstić information content (AvgIpc) is 2.78. The van der Waals surface area contributed by atoms with Crippen LogP contribution in [0, 0.1) is 0 Å². The third-order valence-electron chi connectivity index (χ3n) is 3.63. The number of amides is 2. The fourth-order valence-corrected chi connectivity index (χ4v) is 3.46. The van der Waals surface area contributed by atoms with E-state index in [1.165, 1.54) is 0 Å². The Morgan fingerprint density at radius 3 is 2.14 bits per heavy atom. The van der Waals surface area contributed by atoms with Crippen molar-refractivity contribution < 1.29 is 56.6 Å². The third kappa shape index (κ3) is 22.7. The predicted molar refractivity (Wildman–Crippen MR) is 129 cm³/mol. The molecule has 0 radical (unpaired) electrons. The fourth-order valence-electron chi connectivity index (χ4n) is 2.12. The van der Waals surface area contributed by atoms with Crippen LogP contribution in [0.1, 0.15) is 27.7 Å². The lowest BCUT2D eigenvalue weighted by atomic mass is 10.4. The van der Waals surface area contributed by atoms with Crippen LogP contribution in [0.2, 0.25) is 0 Å². The van der Waals surface area contributed by atoms with Gasteiger partial charge in [-0.05, 0) is 5.25 Å². The average molecular weight is 561 g/mol. The topological polar surface area (TPSA) is 185 Å². The van der Waals surface area contributed by atoms with E-state index < -0.39 is 38.4 Å². The zero-order valence-corrected chi connectivity index (χ0v) is 22.7. The minimum absolute atomic E-state index is 0.0521. The van der Waals surface area contributed by atoms with Crippen molar-refractivity contribution in [2.75, 3.05) is 65.1 Å². The van der Waals surface area contributed by atoms with Crippen LogP contribution in [-0.2, 0) is 51.7 Å². The van der Waals surface area contributed by atoms with Gasteiger partial charge in [0.25, 0.3) is 0 Å². The lowest BCUT2D eigenvalue weighted by molar-refractivity contribution is -0.158. The van der Waals surface area contributed by atoms with Gasteiger partial charge in [0.1, 0.15) is 13.2 Å². The van der Waals surface area contributed by atoms with Crippen LogP contribution in [0.25, 0.3) is 0 Å². The van der Waals surface area contributed by atoms with Crippen LogP contribution in [0.5, 0.6) is 0 Å². The molecular formula is C20H37N2O12PS. The van der Waals surface area contributed by atoms with Crippen LogP contribution in [0.15, 0.2) is 0 Å². The van der Waals surface area contributed by atoms with E-state index in [1.54, 1.807) is 11.8 Å². The number of thioether (sulfide) groups is 1. The SMILES string of the molecule is CC(=O)OC[C@H](COP(=O)(O)OCCNC(=O)COCCOCCNC(=O)CSC(C)C)OC(C)=O. The monoisotopic (exact) mass is 560 g/mol. The molecule has 14 nitrogen and oxygen atoms in total. The summed E-state index contributed by atoms with van der Waals surface area (Å²) in [6.45, 7) is 5.81. The number of hydrogen-bond acceptors (Lipinski definition) is 12. The smallest absolute Gasteiger partial charge is 0.462 e. The Morgan fingerprint density at radius 2 is 1.50 bits per heavy atom. The summed E-state index contributed by atoms with van der Waals surface area (Å²) in [5.41, 5.74) is 0. The number of nitrogens with one attached hydrogen (secondary N) is 2. The van der Waals surface area contributed by atoms with Crippen molar-refractivity contribution >= 4 is 43.3 Å². The molecule has 2 atom stereocenters. The van der Waals surface area contributed by atoms with Crippen molar-refractivity contribution in [3.8, 4) is 0 Å². The molecule has 0 spiro atoms. The van der Waals surface area contributed by atoms with Crippen LogP contribution in [-0.4, -0.2) is 105 Å². The van der Waals surface area contributed by atoms with E-state index in [2.05, 4.69) is 10.6 Å². The molecule has 16 heteroatoms. The molecule has 0 heterocycles. The van der Waals surface area contributed by atoms with E-state index in [9.17, 15) is 28.6 Å². The van der Waals surface area contributed by atoms with Gasteiger partial charge >= 0.3 is 19.8 Å². The molecule has 0 saturated heterocycles. The van der Waals surface area contributed by atoms with Crippen molar-refractivity contribution in [1.82, 2.24) is 10.6 Å². The van der Waals surface area contributed by atoms with Gasteiger partial charge in [-0.15, -0.1) is 11.8 Å². The number of ether oxygens (including phenoxy) is 4. The first-order valence-electron chi connectivity index (χ1n) is 11.1. The van der Waals surface area contributed by atoms with E-state index in [-0.39, 0.29) is 45.5 Å². The number of phosphoric acid groups is 1. The maximum atomic E-state index is 11.9. The van der Waals surface area contributed by atoms with Crippen molar-refractivity contribution in [3.05, 3.63) is 0 Å². The van der Waals surface area contributed by atoms with Crippen LogP contribution in [0.4, 0.5) is 0 Å². The van der Waals surface area contributed by atoms with Gasteiger partial charge in [0.2, 0.25) is 11.8 Å². The Labute approximate surface area is 215 Å². The number of carbonyl (C=O) groups excluding carboxylic acids is 4. The molecule has 36 heavy (non-hydrogen) atoms. The zero-order valence-electron chi connectivity index (χ0n) is 21.0. The standard InChI is InChI=1S/C20H37N2O12PS/c1-15(2)36-14-20(26)22-5-7-29-9-10-30-13-19(25)21-6-8-32-35(27,28)33-12-18(34-17(4)24)11-31-16(3)23/h15,18H,5-14H2,1-4H3,(H,21,25)(H,22,26)(H,27,28)/t18-/m1/s1. The van der Waals surface area contributed by atoms with E-state index in [1.807, 2.05) is 13.8 Å². The molecule has 0 rings (SSSR count). The van der Waals surface area contributed by atoms with Gasteiger partial charge in [-0.25, -0.2) is 4.57 Å². The van der Waals surface area contributed by atoms with E-state index in [4.69, 9.17) is 28.0 Å². The second-order valence-electron chi connectivity index (χ2n) is 7.36. The summed E-state index contributed by atoms with van der Waals surface area (Å²) >= 11 is 1.55. The van der Waals surface area contributed by atoms with Crippen LogP contribution in [0.3, 0.4) is 0 Å². The van der Waals surface area contributed by atoms with Gasteiger partial charge in [-0.1, -0.05) is 13.8 Å². The number of hydrogen-bond donors (Lipinski definition) is 3. The molecule has 0 aliphatic carbocycles. The maximum Gasteiger partial charge on any atom is 0.472 e. The van der Waals surface area contributed by atoms with Gasteiger partial charge in [0.05, 0.1) is 38.8 Å². The van der Waals surface area contributed by atoms with Crippen molar-refractivity contribution in [1.29, 1.82) is 0 Å². The molecule has 0 fully saturated rings. The summed E-state index contributed by atoms with van der Waals surface area (Å²) in [6.07, 6.45) is -1.09. The first kappa shape index (κ1) is 34.3. The zero-order chi connectivity index (χ0) is 27.4. The highest BCUT2D eigenvalue weighted by atomic mass is 32.2. The molecule has 0 saturated carbocycles. The Balaban J connectivity index is 3.84. The number of esters is 2. The quantitative estimate of drug-likeness (QED) is 0.0970. The third-order valence-corrected chi connectivity index (χ3v) is 5.71. The summed E-state index contributed by atoms with van der Waals surface area (Å²) in [5.74, 6) is -1.44. The molecule has 0 aromatic heterocycles. The molecule has 0 aromatic carbocycles. The highest BCUT2D eigenvalue weighted by Crippen LogP contribution is 2.43. The van der Waals surface area contributed by atoms with Gasteiger partial charge < -0.3 is 34.5 Å². The second-order valence-corrected chi connectivity index (χ2v) is 10.4. The molecule has 210 valence electrons. The molecule has 3 N–H and O–H groups in total. The Morgan fingerprint density at radius 1 is 0.861 bits per heavy atom. The number of carbonyl (C=O) groups is 4. The Kier molecular flexibility index (Phi) is 19.3. The van der Waals surface area contributed by atoms with Crippen molar-refractivity contribution in [3.63, 3.8) is 0 Å². The van der Waals surface area contributed by atoms with Crippen LogP contribution < -0.4 is 10.6 Å². The van der Waals surface area contributed by atoms with Crippen molar-refractivity contribution in [2.45, 2.75) is 39.0 Å². The molecule has 0 aromatic rings. The predicted octanol–water partition coefficient (Wildman–Crippen LogP) is 0.0220. The number of phosphoric ester groups is 1. The van der Waals surface area contributed by atoms with E-state index >= 15 is 0 Å². The molecule has 0 aliphatic heterocycles. The summed E-state index contributed by atoms with van der Waals surface area (Å²) < 4.78 is 41.3. The lowest BCUT2D eigenvalue weighted by Gasteiger charge is -2.18. The molecular weight excluding hydrogens is 523 g/mol. The van der Waals surface area contributed by atoms with E-state index in [0.717, 1.165) is 13.8 Å². The van der Waals surface area contributed by atoms with Crippen LogP contribution >= 0.6 is 19.6 Å². The lowest BCUT2D eigenvalue weighted by Crippen LogP contribution is -2.31. The normalized spacial score (nSPS) is 13.5. The summed E-state index contributed by atoms with van der Waals surface area (Å²) in [4.78, 5) is 54.8. The molecule has 2 amide bonds. The van der Waals surface area contributed by atoms with Gasteiger partial charge in [-0.2, -0.15) is 0 Å².